The lowest BCUT2D eigenvalue weighted by atomic mass is 10.3. The van der Waals surface area contributed by atoms with Gasteiger partial charge in [0, 0.05) is 6.16 Å². The molecule has 0 radical (unpaired) electrons. The normalized spacial score (nSPS) is 16.6. The van der Waals surface area contributed by atoms with Gasteiger partial charge in [0.1, 0.15) is 0 Å². The van der Waals surface area contributed by atoms with Crippen LogP contribution in [0, 0.1) is 0 Å². The van der Waals surface area contributed by atoms with Crippen molar-refractivity contribution in [3.8, 4) is 0 Å². The van der Waals surface area contributed by atoms with Gasteiger partial charge in [0.15, 0.2) is 0 Å². The summed E-state index contributed by atoms with van der Waals surface area (Å²) in [5.74, 6) is 1.47. The molecule has 0 aliphatic carbocycles. The number of hydrogen-bond acceptors (Lipinski definition) is 1. The number of unbranched alkanes of at least 4 members (excludes halogenated alkanes) is 2. The summed E-state index contributed by atoms with van der Waals surface area (Å²) in [6, 6.07) is 0. The number of allylic oxidation sites excluding steroid dienone is 1. The highest BCUT2D eigenvalue weighted by Gasteiger charge is 2.11. The van der Waals surface area contributed by atoms with Crippen LogP contribution in [-0.2, 0) is 4.57 Å². The highest BCUT2D eigenvalue weighted by atomic mass is 31.2. The summed E-state index contributed by atoms with van der Waals surface area (Å²) in [7, 11) is -2.92. The van der Waals surface area contributed by atoms with Crippen LogP contribution in [0.1, 0.15) is 39.5 Å². The third-order valence-corrected chi connectivity index (χ3v) is 3.29. The van der Waals surface area contributed by atoms with Crippen molar-refractivity contribution in [2.45, 2.75) is 39.5 Å². The Morgan fingerprint density at radius 1 is 1.33 bits per heavy atom. The summed E-state index contributed by atoms with van der Waals surface area (Å²) in [6.45, 7) is 4.05. The van der Waals surface area contributed by atoms with Gasteiger partial charge in [-0.15, -0.1) is 0 Å². The van der Waals surface area contributed by atoms with Crippen molar-refractivity contribution in [3.05, 3.63) is 11.9 Å². The summed E-state index contributed by atoms with van der Waals surface area (Å²) in [6.07, 6.45) is 6.04. The van der Waals surface area contributed by atoms with Crippen LogP contribution in [0.15, 0.2) is 11.9 Å². The Bertz CT molecular complexity index is 175. The molecule has 0 bridgehead atoms. The first-order chi connectivity index (χ1) is 5.62. The van der Waals surface area contributed by atoms with Gasteiger partial charge in [-0.25, -0.2) is 0 Å². The fourth-order valence-electron chi connectivity index (χ4n) is 0.933. The topological polar surface area (TPSA) is 37.3 Å². The molecule has 1 atom stereocenters. The smallest absolute Gasteiger partial charge is 0.222 e. The summed E-state index contributed by atoms with van der Waals surface area (Å²) >= 11 is 0. The maximum atomic E-state index is 11.3. The van der Waals surface area contributed by atoms with Crippen molar-refractivity contribution in [1.29, 1.82) is 0 Å². The lowest BCUT2D eigenvalue weighted by Crippen LogP contribution is -1.85. The first-order valence-corrected chi connectivity index (χ1v) is 6.53. The van der Waals surface area contributed by atoms with Gasteiger partial charge in [-0.05, 0) is 18.7 Å². The largest absolute Gasteiger partial charge is 0.341 e. The molecule has 0 aliphatic heterocycles. The molecular weight excluding hydrogens is 171 g/mol. The molecule has 0 saturated carbocycles. The lowest BCUT2D eigenvalue weighted by molar-refractivity contribution is 0.485. The molecule has 0 aromatic rings. The fourth-order valence-corrected chi connectivity index (χ4v) is 2.30. The standard InChI is InChI=1S/C9H19O2P/c1-3-5-7-9-12(10,11)8-6-4-2/h6,8H,3-5,7,9H2,1-2H3,(H,10,11). The second-order valence-corrected chi connectivity index (χ2v) is 5.24. The molecule has 12 heavy (non-hydrogen) atoms. The van der Waals surface area contributed by atoms with E-state index < -0.39 is 7.37 Å². The van der Waals surface area contributed by atoms with Gasteiger partial charge in [-0.3, -0.25) is 4.57 Å². The molecule has 0 heterocycles. The molecule has 0 aliphatic rings. The minimum absolute atomic E-state index is 0.442. The second-order valence-electron chi connectivity index (χ2n) is 2.98. The van der Waals surface area contributed by atoms with E-state index in [0.29, 0.717) is 6.16 Å². The second kappa shape index (κ2) is 6.45. The van der Waals surface area contributed by atoms with Crippen molar-refractivity contribution >= 4 is 7.37 Å². The van der Waals surface area contributed by atoms with Gasteiger partial charge < -0.3 is 4.89 Å². The van der Waals surface area contributed by atoms with E-state index in [1.165, 1.54) is 5.82 Å². The molecule has 1 N–H and O–H groups in total. The Morgan fingerprint density at radius 2 is 2.00 bits per heavy atom. The van der Waals surface area contributed by atoms with Crippen LogP contribution in [0.2, 0.25) is 0 Å². The van der Waals surface area contributed by atoms with Crippen LogP contribution in [0.3, 0.4) is 0 Å². The average molecular weight is 190 g/mol. The summed E-state index contributed by atoms with van der Waals surface area (Å²) in [5.41, 5.74) is 0. The van der Waals surface area contributed by atoms with Gasteiger partial charge in [0.05, 0.1) is 0 Å². The molecule has 0 aromatic heterocycles. The van der Waals surface area contributed by atoms with Crippen LogP contribution >= 0.6 is 7.37 Å². The van der Waals surface area contributed by atoms with Crippen molar-refractivity contribution in [2.75, 3.05) is 6.16 Å². The third-order valence-electron chi connectivity index (χ3n) is 1.66. The van der Waals surface area contributed by atoms with E-state index in [1.807, 2.05) is 6.92 Å². The Balaban J connectivity index is 3.72. The molecule has 0 fully saturated rings. The number of rotatable bonds is 6. The van der Waals surface area contributed by atoms with E-state index in [9.17, 15) is 9.46 Å². The van der Waals surface area contributed by atoms with Gasteiger partial charge in [-0.2, -0.15) is 0 Å². The zero-order valence-corrected chi connectivity index (χ0v) is 8.89. The lowest BCUT2D eigenvalue weighted by Gasteiger charge is -2.04. The van der Waals surface area contributed by atoms with Gasteiger partial charge >= 0.3 is 0 Å². The first kappa shape index (κ1) is 11.9. The van der Waals surface area contributed by atoms with E-state index in [1.54, 1.807) is 6.08 Å². The molecule has 0 amide bonds. The average Bonchev–Trinajstić information content (AvgIpc) is 2.01. The van der Waals surface area contributed by atoms with Crippen LogP contribution in [0.5, 0.6) is 0 Å². The molecule has 72 valence electrons. The third kappa shape index (κ3) is 6.63. The molecular formula is C9H19O2P. The minimum Gasteiger partial charge on any atom is -0.341 e. The molecule has 1 unspecified atom stereocenters. The molecule has 2 nitrogen and oxygen atoms in total. The number of hydrogen-bond donors (Lipinski definition) is 1. The van der Waals surface area contributed by atoms with Gasteiger partial charge in [0.2, 0.25) is 7.37 Å². The van der Waals surface area contributed by atoms with E-state index in [-0.39, 0.29) is 0 Å². The van der Waals surface area contributed by atoms with E-state index in [4.69, 9.17) is 0 Å². The molecule has 3 heteroatoms. The fraction of sp³-hybridized carbons (Fsp3) is 0.778. The highest BCUT2D eigenvalue weighted by molar-refractivity contribution is 7.61. The van der Waals surface area contributed by atoms with Crippen LogP contribution in [0.25, 0.3) is 0 Å². The summed E-state index contributed by atoms with van der Waals surface area (Å²) in [5, 5.41) is 0. The maximum Gasteiger partial charge on any atom is 0.222 e. The summed E-state index contributed by atoms with van der Waals surface area (Å²) in [4.78, 5) is 9.34. The Kier molecular flexibility index (Phi) is 6.41. The van der Waals surface area contributed by atoms with E-state index in [2.05, 4.69) is 6.92 Å². The predicted molar refractivity (Wildman–Crippen MR) is 53.6 cm³/mol. The SMILES string of the molecule is CCC=CP(=O)(O)CCCCC. The summed E-state index contributed by atoms with van der Waals surface area (Å²) < 4.78 is 11.3. The zero-order chi connectivity index (χ0) is 9.45. The Morgan fingerprint density at radius 3 is 2.50 bits per heavy atom. The Labute approximate surface area is 75.1 Å². The van der Waals surface area contributed by atoms with E-state index >= 15 is 0 Å². The zero-order valence-electron chi connectivity index (χ0n) is 7.99. The van der Waals surface area contributed by atoms with Crippen molar-refractivity contribution in [2.24, 2.45) is 0 Å². The molecule has 0 spiro atoms. The predicted octanol–water partition coefficient (Wildman–Crippen LogP) is 3.37. The molecule has 0 saturated heterocycles. The van der Waals surface area contributed by atoms with Gasteiger partial charge in [-0.1, -0.05) is 32.8 Å². The van der Waals surface area contributed by atoms with Crippen molar-refractivity contribution in [1.82, 2.24) is 0 Å². The van der Waals surface area contributed by atoms with Crippen molar-refractivity contribution in [3.63, 3.8) is 0 Å². The van der Waals surface area contributed by atoms with E-state index in [0.717, 1.165) is 25.7 Å². The highest BCUT2D eigenvalue weighted by Crippen LogP contribution is 2.43. The monoisotopic (exact) mass is 190 g/mol. The van der Waals surface area contributed by atoms with Crippen LogP contribution < -0.4 is 0 Å². The molecule has 0 aromatic carbocycles. The van der Waals surface area contributed by atoms with Crippen LogP contribution in [-0.4, -0.2) is 11.1 Å². The maximum absolute atomic E-state index is 11.3. The Hall–Kier alpha value is -0.0700. The van der Waals surface area contributed by atoms with Crippen molar-refractivity contribution < 1.29 is 9.46 Å². The van der Waals surface area contributed by atoms with Crippen LogP contribution in [0.4, 0.5) is 0 Å². The quantitative estimate of drug-likeness (QED) is 0.515. The van der Waals surface area contributed by atoms with Gasteiger partial charge in [0.25, 0.3) is 0 Å². The first-order valence-electron chi connectivity index (χ1n) is 4.61. The molecule has 0 rings (SSSR count). The minimum atomic E-state index is -2.92.